The zero-order valence-corrected chi connectivity index (χ0v) is 15.2. The highest BCUT2D eigenvalue weighted by molar-refractivity contribution is 9.10. The smallest absolute Gasteiger partial charge is 0.0208 e. The monoisotopic (exact) mass is 410 g/mol. The Morgan fingerprint density at radius 3 is 2.05 bits per heavy atom. The lowest BCUT2D eigenvalue weighted by Crippen LogP contribution is -2.35. The molecule has 0 spiro atoms. The van der Waals surface area contributed by atoms with E-state index < -0.39 is 0 Å². The lowest BCUT2D eigenvalue weighted by molar-refractivity contribution is 0.501. The number of halogens is 2. The Morgan fingerprint density at radius 2 is 1.48 bits per heavy atom. The Bertz CT molecular complexity index is 572. The molecule has 0 bridgehead atoms. The fraction of sp³-hybridized carbons (Fsp3) is 0.294. The second kappa shape index (κ2) is 8.69. The average Bonchev–Trinajstić information content (AvgIpc) is 2.45. The van der Waals surface area contributed by atoms with Crippen LogP contribution in [0.25, 0.3) is 0 Å². The topological polar surface area (TPSA) is 24.1 Å². The van der Waals surface area contributed by atoms with Crippen LogP contribution < -0.4 is 10.6 Å². The van der Waals surface area contributed by atoms with Crippen LogP contribution in [0.3, 0.4) is 0 Å². The van der Waals surface area contributed by atoms with Crippen LogP contribution in [0.15, 0.2) is 57.5 Å². The quantitative estimate of drug-likeness (QED) is 0.701. The van der Waals surface area contributed by atoms with Crippen LogP contribution in [0.2, 0.25) is 0 Å². The van der Waals surface area contributed by atoms with Gasteiger partial charge in [0, 0.05) is 34.6 Å². The molecule has 0 saturated heterocycles. The first-order valence-corrected chi connectivity index (χ1v) is 8.65. The van der Waals surface area contributed by atoms with Crippen LogP contribution in [-0.2, 0) is 13.1 Å². The maximum atomic E-state index is 3.53. The van der Waals surface area contributed by atoms with E-state index in [1.807, 2.05) is 12.1 Å². The van der Waals surface area contributed by atoms with Gasteiger partial charge in [-0.25, -0.2) is 0 Å². The zero-order chi connectivity index (χ0) is 15.1. The maximum Gasteiger partial charge on any atom is 0.0208 e. The van der Waals surface area contributed by atoms with Crippen molar-refractivity contribution in [3.05, 3.63) is 68.6 Å². The third-order valence-electron chi connectivity index (χ3n) is 3.21. The molecule has 2 aromatic rings. The summed E-state index contributed by atoms with van der Waals surface area (Å²) in [6.07, 6.45) is 0. The molecular formula is C17H20Br2N2. The fourth-order valence-corrected chi connectivity index (χ4v) is 2.98. The predicted octanol–water partition coefficient (Wildman–Crippen LogP) is 4.48. The molecular weight excluding hydrogens is 392 g/mol. The molecule has 4 heteroatoms. The molecule has 2 N–H and O–H groups in total. The molecule has 112 valence electrons. The van der Waals surface area contributed by atoms with Crippen molar-refractivity contribution in [1.29, 1.82) is 0 Å². The molecule has 2 aromatic carbocycles. The zero-order valence-electron chi connectivity index (χ0n) is 12.1. The molecule has 0 aliphatic carbocycles. The standard InChI is InChI=1S/C17H20Br2N2/c1-13(21-12-15-5-3-7-17(19)9-15)10-20-11-14-4-2-6-16(18)8-14/h2-9,13,20-21H,10-12H2,1H3. The summed E-state index contributed by atoms with van der Waals surface area (Å²) in [5.41, 5.74) is 2.59. The number of hydrogen-bond donors (Lipinski definition) is 2. The number of benzene rings is 2. The lowest BCUT2D eigenvalue weighted by Gasteiger charge is -2.15. The minimum absolute atomic E-state index is 0.427. The average molecular weight is 412 g/mol. The van der Waals surface area contributed by atoms with Crippen LogP contribution >= 0.6 is 31.9 Å². The van der Waals surface area contributed by atoms with Gasteiger partial charge < -0.3 is 10.6 Å². The molecule has 0 radical (unpaired) electrons. The van der Waals surface area contributed by atoms with Gasteiger partial charge in [-0.1, -0.05) is 56.1 Å². The molecule has 0 aliphatic rings. The van der Waals surface area contributed by atoms with Crippen molar-refractivity contribution in [2.75, 3.05) is 6.54 Å². The third-order valence-corrected chi connectivity index (χ3v) is 4.20. The SMILES string of the molecule is CC(CNCc1cccc(Br)c1)NCc1cccc(Br)c1. The Kier molecular flexibility index (Phi) is 6.90. The van der Waals surface area contributed by atoms with Crippen molar-refractivity contribution in [1.82, 2.24) is 10.6 Å². The molecule has 2 nitrogen and oxygen atoms in total. The van der Waals surface area contributed by atoms with E-state index in [1.165, 1.54) is 11.1 Å². The third kappa shape index (κ3) is 6.30. The molecule has 0 aromatic heterocycles. The molecule has 0 amide bonds. The first-order valence-electron chi connectivity index (χ1n) is 7.06. The molecule has 0 saturated carbocycles. The largest absolute Gasteiger partial charge is 0.311 e. The Hall–Kier alpha value is -0.680. The van der Waals surface area contributed by atoms with Crippen molar-refractivity contribution in [2.45, 2.75) is 26.1 Å². The normalized spacial score (nSPS) is 12.3. The van der Waals surface area contributed by atoms with E-state index in [4.69, 9.17) is 0 Å². The van der Waals surface area contributed by atoms with Gasteiger partial charge in [0.15, 0.2) is 0 Å². The predicted molar refractivity (Wildman–Crippen MR) is 96.3 cm³/mol. The van der Waals surface area contributed by atoms with Gasteiger partial charge in [-0.05, 0) is 42.3 Å². The van der Waals surface area contributed by atoms with Crippen LogP contribution in [-0.4, -0.2) is 12.6 Å². The summed E-state index contributed by atoms with van der Waals surface area (Å²) in [7, 11) is 0. The molecule has 1 unspecified atom stereocenters. The molecule has 0 fully saturated rings. The minimum Gasteiger partial charge on any atom is -0.311 e. The highest BCUT2D eigenvalue weighted by atomic mass is 79.9. The first kappa shape index (κ1) is 16.7. The van der Waals surface area contributed by atoms with E-state index in [2.05, 4.69) is 85.8 Å². The van der Waals surface area contributed by atoms with Gasteiger partial charge in [0.2, 0.25) is 0 Å². The van der Waals surface area contributed by atoms with Crippen LogP contribution in [0.5, 0.6) is 0 Å². The summed E-state index contributed by atoms with van der Waals surface area (Å²) in [5, 5.41) is 7.01. The molecule has 0 heterocycles. The Balaban J connectivity index is 1.69. The second-order valence-electron chi connectivity index (χ2n) is 5.17. The molecule has 21 heavy (non-hydrogen) atoms. The van der Waals surface area contributed by atoms with Gasteiger partial charge in [0.05, 0.1) is 0 Å². The van der Waals surface area contributed by atoms with Gasteiger partial charge in [0.1, 0.15) is 0 Å². The van der Waals surface area contributed by atoms with E-state index in [0.29, 0.717) is 6.04 Å². The highest BCUT2D eigenvalue weighted by Gasteiger charge is 2.02. The van der Waals surface area contributed by atoms with Gasteiger partial charge in [0.25, 0.3) is 0 Å². The molecule has 0 aliphatic heterocycles. The van der Waals surface area contributed by atoms with Gasteiger partial charge in [-0.2, -0.15) is 0 Å². The van der Waals surface area contributed by atoms with E-state index in [0.717, 1.165) is 28.6 Å². The van der Waals surface area contributed by atoms with Crippen LogP contribution in [0, 0.1) is 0 Å². The van der Waals surface area contributed by atoms with E-state index in [1.54, 1.807) is 0 Å². The Labute approximate surface area is 143 Å². The molecule has 1 atom stereocenters. The summed E-state index contributed by atoms with van der Waals surface area (Å²) in [6.45, 7) is 4.92. The first-order chi connectivity index (χ1) is 10.1. The summed E-state index contributed by atoms with van der Waals surface area (Å²) in [4.78, 5) is 0. The van der Waals surface area contributed by atoms with E-state index >= 15 is 0 Å². The number of rotatable bonds is 7. The van der Waals surface area contributed by atoms with Gasteiger partial charge in [-0.15, -0.1) is 0 Å². The lowest BCUT2D eigenvalue weighted by atomic mass is 10.2. The van der Waals surface area contributed by atoms with Gasteiger partial charge in [-0.3, -0.25) is 0 Å². The molecule has 2 rings (SSSR count). The van der Waals surface area contributed by atoms with Gasteiger partial charge >= 0.3 is 0 Å². The minimum atomic E-state index is 0.427. The van der Waals surface area contributed by atoms with E-state index in [-0.39, 0.29) is 0 Å². The highest BCUT2D eigenvalue weighted by Crippen LogP contribution is 2.12. The maximum absolute atomic E-state index is 3.53. The van der Waals surface area contributed by atoms with Crippen molar-refractivity contribution < 1.29 is 0 Å². The fourth-order valence-electron chi connectivity index (χ4n) is 2.09. The van der Waals surface area contributed by atoms with Crippen LogP contribution in [0.4, 0.5) is 0 Å². The second-order valence-corrected chi connectivity index (χ2v) is 7.00. The Morgan fingerprint density at radius 1 is 0.905 bits per heavy atom. The number of nitrogens with one attached hydrogen (secondary N) is 2. The summed E-state index contributed by atoms with van der Waals surface area (Å²) < 4.78 is 2.25. The summed E-state index contributed by atoms with van der Waals surface area (Å²) >= 11 is 6.99. The van der Waals surface area contributed by atoms with Crippen molar-refractivity contribution in [3.63, 3.8) is 0 Å². The van der Waals surface area contributed by atoms with Crippen molar-refractivity contribution in [2.24, 2.45) is 0 Å². The van der Waals surface area contributed by atoms with Crippen molar-refractivity contribution >= 4 is 31.9 Å². The van der Waals surface area contributed by atoms with E-state index in [9.17, 15) is 0 Å². The number of hydrogen-bond acceptors (Lipinski definition) is 2. The van der Waals surface area contributed by atoms with Crippen molar-refractivity contribution in [3.8, 4) is 0 Å². The summed E-state index contributed by atoms with van der Waals surface area (Å²) in [5.74, 6) is 0. The van der Waals surface area contributed by atoms with Crippen LogP contribution in [0.1, 0.15) is 18.1 Å². The summed E-state index contributed by atoms with van der Waals surface area (Å²) in [6, 6.07) is 17.2.